The highest BCUT2D eigenvalue weighted by molar-refractivity contribution is 5.45. The van der Waals surface area contributed by atoms with Crippen LogP contribution in [0.1, 0.15) is 25.8 Å². The molecule has 0 saturated heterocycles. The molecule has 0 aromatic heterocycles. The fraction of sp³-hybridized carbons (Fsp3) is 0.571. The lowest BCUT2D eigenvalue weighted by Crippen LogP contribution is -2.22. The van der Waals surface area contributed by atoms with Gasteiger partial charge >= 0.3 is 0 Å². The van der Waals surface area contributed by atoms with Crippen molar-refractivity contribution in [1.82, 2.24) is 4.90 Å². The Morgan fingerprint density at radius 2 is 2.11 bits per heavy atom. The molecule has 0 spiro atoms. The van der Waals surface area contributed by atoms with Crippen LogP contribution in [0, 0.1) is 0 Å². The zero-order chi connectivity index (χ0) is 13.5. The Morgan fingerprint density at radius 3 is 2.72 bits per heavy atom. The third-order valence-corrected chi connectivity index (χ3v) is 2.75. The van der Waals surface area contributed by atoms with Crippen molar-refractivity contribution in [2.75, 3.05) is 20.2 Å². The lowest BCUT2D eigenvalue weighted by atomic mass is 10.1. The van der Waals surface area contributed by atoms with Gasteiger partial charge in [0, 0.05) is 18.7 Å². The largest absolute Gasteiger partial charge is 0.504 e. The summed E-state index contributed by atoms with van der Waals surface area (Å²) in [6.07, 6.45) is 0.429. The van der Waals surface area contributed by atoms with Crippen LogP contribution in [-0.2, 0) is 6.54 Å². The van der Waals surface area contributed by atoms with Crippen molar-refractivity contribution in [3.05, 3.63) is 23.8 Å². The van der Waals surface area contributed by atoms with Gasteiger partial charge in [-0.1, -0.05) is 12.1 Å². The van der Waals surface area contributed by atoms with Gasteiger partial charge in [0.25, 0.3) is 0 Å². The third-order valence-electron chi connectivity index (χ3n) is 2.75. The standard InChI is InChI=1S/C14H23NO3/c1-4-18-13-7-5-6-12(14(13)17)10-15(3)9-8-11(2)16/h5-7,11,16-17H,4,8-10H2,1-3H3. The van der Waals surface area contributed by atoms with Gasteiger partial charge < -0.3 is 19.8 Å². The average molecular weight is 253 g/mol. The quantitative estimate of drug-likeness (QED) is 0.780. The van der Waals surface area contributed by atoms with Crippen LogP contribution in [0.5, 0.6) is 11.5 Å². The molecule has 1 atom stereocenters. The number of aliphatic hydroxyl groups is 1. The van der Waals surface area contributed by atoms with E-state index in [1.54, 1.807) is 13.0 Å². The first-order valence-electron chi connectivity index (χ1n) is 6.34. The van der Waals surface area contributed by atoms with Crippen LogP contribution < -0.4 is 4.74 Å². The van der Waals surface area contributed by atoms with Crippen molar-refractivity contribution in [2.24, 2.45) is 0 Å². The number of hydrogen-bond acceptors (Lipinski definition) is 4. The molecule has 1 unspecified atom stereocenters. The number of aliphatic hydroxyl groups excluding tert-OH is 1. The predicted molar refractivity (Wildman–Crippen MR) is 71.9 cm³/mol. The molecule has 1 aromatic carbocycles. The zero-order valence-corrected chi connectivity index (χ0v) is 11.4. The molecule has 0 aliphatic heterocycles. The minimum Gasteiger partial charge on any atom is -0.504 e. The number of aromatic hydroxyl groups is 1. The minimum atomic E-state index is -0.296. The van der Waals surface area contributed by atoms with Crippen LogP contribution in [0.2, 0.25) is 0 Å². The van der Waals surface area contributed by atoms with Gasteiger partial charge in [0.15, 0.2) is 11.5 Å². The highest BCUT2D eigenvalue weighted by Crippen LogP contribution is 2.30. The van der Waals surface area contributed by atoms with Gasteiger partial charge in [0.05, 0.1) is 12.7 Å². The van der Waals surface area contributed by atoms with E-state index in [9.17, 15) is 10.2 Å². The van der Waals surface area contributed by atoms with Gasteiger partial charge in [-0.25, -0.2) is 0 Å². The van der Waals surface area contributed by atoms with Gasteiger partial charge in [-0.2, -0.15) is 0 Å². The maximum Gasteiger partial charge on any atom is 0.162 e. The van der Waals surface area contributed by atoms with Crippen LogP contribution >= 0.6 is 0 Å². The molecule has 0 aliphatic rings. The topological polar surface area (TPSA) is 52.9 Å². The molecular formula is C14H23NO3. The Hall–Kier alpha value is -1.26. The fourth-order valence-corrected chi connectivity index (χ4v) is 1.74. The van der Waals surface area contributed by atoms with Crippen molar-refractivity contribution >= 4 is 0 Å². The Bertz CT molecular complexity index is 366. The minimum absolute atomic E-state index is 0.211. The molecule has 0 fully saturated rings. The molecule has 0 bridgehead atoms. The Kier molecular flexibility index (Phi) is 5.95. The monoisotopic (exact) mass is 253 g/mol. The first kappa shape index (κ1) is 14.8. The van der Waals surface area contributed by atoms with E-state index in [1.165, 1.54) is 0 Å². The second kappa shape index (κ2) is 7.24. The number of ether oxygens (including phenoxy) is 1. The second-order valence-electron chi connectivity index (χ2n) is 4.57. The first-order chi connectivity index (χ1) is 8.54. The number of phenols is 1. The molecule has 4 nitrogen and oxygen atoms in total. The van der Waals surface area contributed by atoms with E-state index < -0.39 is 0 Å². The number of rotatable bonds is 7. The van der Waals surface area contributed by atoms with Crippen molar-refractivity contribution in [2.45, 2.75) is 32.9 Å². The average Bonchev–Trinajstić information content (AvgIpc) is 2.32. The highest BCUT2D eigenvalue weighted by atomic mass is 16.5. The Labute approximate surface area is 109 Å². The van der Waals surface area contributed by atoms with Crippen LogP contribution in [0.15, 0.2) is 18.2 Å². The van der Waals surface area contributed by atoms with E-state index in [4.69, 9.17) is 4.74 Å². The van der Waals surface area contributed by atoms with Gasteiger partial charge in [-0.15, -0.1) is 0 Å². The predicted octanol–water partition coefficient (Wildman–Crippen LogP) is 1.99. The van der Waals surface area contributed by atoms with Crippen LogP contribution in [0.25, 0.3) is 0 Å². The Balaban J connectivity index is 2.63. The summed E-state index contributed by atoms with van der Waals surface area (Å²) in [4.78, 5) is 2.07. The SMILES string of the molecule is CCOc1cccc(CN(C)CCC(C)O)c1O. The second-order valence-corrected chi connectivity index (χ2v) is 4.57. The maximum atomic E-state index is 10.0. The number of para-hydroxylation sites is 1. The van der Waals surface area contributed by atoms with Crippen LogP contribution in [0.4, 0.5) is 0 Å². The van der Waals surface area contributed by atoms with Gasteiger partial charge in [-0.3, -0.25) is 0 Å². The first-order valence-corrected chi connectivity index (χ1v) is 6.34. The van der Waals surface area contributed by atoms with Gasteiger partial charge in [0.1, 0.15) is 0 Å². The fourth-order valence-electron chi connectivity index (χ4n) is 1.74. The van der Waals surface area contributed by atoms with Crippen molar-refractivity contribution < 1.29 is 14.9 Å². The van der Waals surface area contributed by atoms with Gasteiger partial charge in [0.2, 0.25) is 0 Å². The lowest BCUT2D eigenvalue weighted by Gasteiger charge is -2.19. The van der Waals surface area contributed by atoms with Crippen molar-refractivity contribution in [1.29, 1.82) is 0 Å². The third kappa shape index (κ3) is 4.55. The number of phenolic OH excluding ortho intramolecular Hbond substituents is 1. The van der Waals surface area contributed by atoms with E-state index in [2.05, 4.69) is 4.90 Å². The molecule has 0 radical (unpaired) electrons. The number of nitrogens with zero attached hydrogens (tertiary/aromatic N) is 1. The molecule has 0 heterocycles. The summed E-state index contributed by atoms with van der Waals surface area (Å²) in [5, 5.41) is 19.3. The molecule has 0 aliphatic carbocycles. The van der Waals surface area contributed by atoms with E-state index in [-0.39, 0.29) is 11.9 Å². The van der Waals surface area contributed by atoms with Crippen LogP contribution in [0.3, 0.4) is 0 Å². The molecule has 2 N–H and O–H groups in total. The highest BCUT2D eigenvalue weighted by Gasteiger charge is 2.10. The maximum absolute atomic E-state index is 10.0. The van der Waals surface area contributed by atoms with E-state index >= 15 is 0 Å². The van der Waals surface area contributed by atoms with E-state index in [0.29, 0.717) is 18.9 Å². The molecule has 1 aromatic rings. The summed E-state index contributed by atoms with van der Waals surface area (Å²) in [5.74, 6) is 0.738. The van der Waals surface area contributed by atoms with Gasteiger partial charge in [-0.05, 0) is 33.4 Å². The molecule has 1 rings (SSSR count). The molecule has 0 amide bonds. The zero-order valence-electron chi connectivity index (χ0n) is 11.4. The van der Waals surface area contributed by atoms with Crippen molar-refractivity contribution in [3.63, 3.8) is 0 Å². The molecule has 0 saturated carbocycles. The summed E-state index contributed by atoms with van der Waals surface area (Å²) in [5.41, 5.74) is 0.842. The summed E-state index contributed by atoms with van der Waals surface area (Å²) in [6.45, 7) is 5.63. The molecule has 102 valence electrons. The normalized spacial score (nSPS) is 12.7. The number of hydrogen-bond donors (Lipinski definition) is 2. The van der Waals surface area contributed by atoms with E-state index in [0.717, 1.165) is 18.5 Å². The lowest BCUT2D eigenvalue weighted by molar-refractivity contribution is 0.162. The van der Waals surface area contributed by atoms with Crippen LogP contribution in [-0.4, -0.2) is 41.4 Å². The number of benzene rings is 1. The van der Waals surface area contributed by atoms with Crippen molar-refractivity contribution in [3.8, 4) is 11.5 Å². The molecule has 4 heteroatoms. The summed E-state index contributed by atoms with van der Waals surface area (Å²) in [6, 6.07) is 5.53. The summed E-state index contributed by atoms with van der Waals surface area (Å²) in [7, 11) is 1.97. The molecular weight excluding hydrogens is 230 g/mol. The summed E-state index contributed by atoms with van der Waals surface area (Å²) < 4.78 is 5.35. The molecule has 18 heavy (non-hydrogen) atoms. The summed E-state index contributed by atoms with van der Waals surface area (Å²) >= 11 is 0. The Morgan fingerprint density at radius 1 is 1.39 bits per heavy atom. The van der Waals surface area contributed by atoms with E-state index in [1.807, 2.05) is 26.1 Å². The smallest absolute Gasteiger partial charge is 0.162 e.